The average molecular weight is 261 g/mol. The van der Waals surface area contributed by atoms with Crippen LogP contribution in [-0.2, 0) is 4.79 Å². The van der Waals surface area contributed by atoms with Crippen LogP contribution >= 0.6 is 0 Å². The second-order valence-electron chi connectivity index (χ2n) is 5.47. The van der Waals surface area contributed by atoms with Crippen LogP contribution in [0.15, 0.2) is 24.3 Å². The third-order valence-corrected chi connectivity index (χ3v) is 3.57. The number of carbonyl (C=O) groups is 1. The van der Waals surface area contributed by atoms with Gasteiger partial charge < -0.3 is 16.0 Å². The van der Waals surface area contributed by atoms with Crippen LogP contribution in [0.4, 0.5) is 11.4 Å². The molecule has 1 aliphatic heterocycles. The van der Waals surface area contributed by atoms with Crippen molar-refractivity contribution in [2.45, 2.75) is 26.2 Å². The van der Waals surface area contributed by atoms with Gasteiger partial charge in [-0.05, 0) is 43.5 Å². The van der Waals surface area contributed by atoms with Gasteiger partial charge in [0.1, 0.15) is 0 Å². The molecule has 4 heteroatoms. The Labute approximate surface area is 115 Å². The number of rotatable bonds is 4. The molecule has 0 saturated carbocycles. The molecular formula is C15H23N3O. The third kappa shape index (κ3) is 4.56. The highest BCUT2D eigenvalue weighted by atomic mass is 16.1. The van der Waals surface area contributed by atoms with E-state index in [0.717, 1.165) is 31.2 Å². The van der Waals surface area contributed by atoms with E-state index in [9.17, 15) is 4.79 Å². The zero-order valence-electron chi connectivity index (χ0n) is 11.6. The normalized spacial score (nSPS) is 20.2. The van der Waals surface area contributed by atoms with Crippen molar-refractivity contribution in [3.05, 3.63) is 24.3 Å². The number of nitrogens with one attached hydrogen (secondary N) is 1. The molecule has 3 N–H and O–H groups in total. The van der Waals surface area contributed by atoms with Gasteiger partial charge in [-0.1, -0.05) is 13.0 Å². The number of likely N-dealkylation sites (tertiary alicyclic amines) is 1. The Morgan fingerprint density at radius 3 is 3.11 bits per heavy atom. The highest BCUT2D eigenvalue weighted by Crippen LogP contribution is 2.16. The SMILES string of the molecule is CC1CCCN(CCC(=O)Nc2cccc(N)c2)C1. The number of nitrogens with two attached hydrogens (primary N) is 1. The van der Waals surface area contributed by atoms with Gasteiger partial charge in [-0.25, -0.2) is 0 Å². The Morgan fingerprint density at radius 2 is 2.37 bits per heavy atom. The quantitative estimate of drug-likeness (QED) is 0.818. The van der Waals surface area contributed by atoms with Gasteiger partial charge in [0, 0.05) is 30.9 Å². The third-order valence-electron chi connectivity index (χ3n) is 3.57. The van der Waals surface area contributed by atoms with E-state index in [1.165, 1.54) is 12.8 Å². The first kappa shape index (κ1) is 13.9. The maximum absolute atomic E-state index is 11.9. The molecule has 0 aromatic heterocycles. The number of nitrogens with zero attached hydrogens (tertiary/aromatic N) is 1. The number of benzene rings is 1. The highest BCUT2D eigenvalue weighted by molar-refractivity contribution is 5.91. The van der Waals surface area contributed by atoms with Crippen LogP contribution in [0.3, 0.4) is 0 Å². The van der Waals surface area contributed by atoms with Crippen molar-refractivity contribution in [3.8, 4) is 0 Å². The topological polar surface area (TPSA) is 58.4 Å². The molecule has 1 saturated heterocycles. The highest BCUT2D eigenvalue weighted by Gasteiger charge is 2.16. The van der Waals surface area contributed by atoms with E-state index < -0.39 is 0 Å². The number of amides is 1. The molecule has 104 valence electrons. The van der Waals surface area contributed by atoms with Crippen LogP contribution in [0, 0.1) is 5.92 Å². The molecule has 0 radical (unpaired) electrons. The Bertz CT molecular complexity index is 433. The largest absolute Gasteiger partial charge is 0.399 e. The van der Waals surface area contributed by atoms with E-state index in [2.05, 4.69) is 17.1 Å². The van der Waals surface area contributed by atoms with E-state index >= 15 is 0 Å². The average Bonchev–Trinajstić information content (AvgIpc) is 2.36. The molecule has 4 nitrogen and oxygen atoms in total. The zero-order valence-corrected chi connectivity index (χ0v) is 11.6. The molecule has 1 heterocycles. The summed E-state index contributed by atoms with van der Waals surface area (Å²) < 4.78 is 0. The summed E-state index contributed by atoms with van der Waals surface area (Å²) in [6, 6.07) is 7.29. The predicted octanol–water partition coefficient (Wildman–Crippen LogP) is 2.33. The van der Waals surface area contributed by atoms with Crippen LogP contribution in [0.2, 0.25) is 0 Å². The van der Waals surface area contributed by atoms with Gasteiger partial charge in [0.05, 0.1) is 0 Å². The lowest BCUT2D eigenvalue weighted by molar-refractivity contribution is -0.116. The fourth-order valence-electron chi connectivity index (χ4n) is 2.59. The molecule has 0 spiro atoms. The minimum Gasteiger partial charge on any atom is -0.399 e. The molecule has 0 aliphatic carbocycles. The maximum atomic E-state index is 11.9. The second kappa shape index (κ2) is 6.57. The molecule has 1 aromatic carbocycles. The van der Waals surface area contributed by atoms with Gasteiger partial charge in [-0.3, -0.25) is 4.79 Å². The molecule has 0 bridgehead atoms. The van der Waals surface area contributed by atoms with Gasteiger partial charge in [-0.2, -0.15) is 0 Å². The molecule has 1 atom stereocenters. The number of anilines is 2. The van der Waals surface area contributed by atoms with Gasteiger partial charge >= 0.3 is 0 Å². The maximum Gasteiger partial charge on any atom is 0.225 e. The van der Waals surface area contributed by atoms with Gasteiger partial charge in [0.25, 0.3) is 0 Å². The second-order valence-corrected chi connectivity index (χ2v) is 5.47. The fourth-order valence-corrected chi connectivity index (χ4v) is 2.59. The van der Waals surface area contributed by atoms with Gasteiger partial charge in [-0.15, -0.1) is 0 Å². The van der Waals surface area contributed by atoms with Crippen molar-refractivity contribution < 1.29 is 4.79 Å². The molecule has 19 heavy (non-hydrogen) atoms. The monoisotopic (exact) mass is 261 g/mol. The van der Waals surface area contributed by atoms with E-state index in [-0.39, 0.29) is 5.91 Å². The summed E-state index contributed by atoms with van der Waals surface area (Å²) in [6.07, 6.45) is 3.10. The van der Waals surface area contributed by atoms with Gasteiger partial charge in [0.15, 0.2) is 0 Å². The molecule has 1 amide bonds. The lowest BCUT2D eigenvalue weighted by Gasteiger charge is -2.30. The molecular weight excluding hydrogens is 238 g/mol. The molecule has 1 aromatic rings. The van der Waals surface area contributed by atoms with Crippen molar-refractivity contribution in [1.82, 2.24) is 4.90 Å². The Hall–Kier alpha value is -1.55. The standard InChI is InChI=1S/C15H23N3O/c1-12-4-3-8-18(11-12)9-7-15(19)17-14-6-2-5-13(16)10-14/h2,5-6,10,12H,3-4,7-9,11,16H2,1H3,(H,17,19). The Balaban J connectivity index is 1.75. The Kier molecular flexibility index (Phi) is 4.80. The van der Waals surface area contributed by atoms with Crippen LogP contribution < -0.4 is 11.1 Å². The minimum absolute atomic E-state index is 0.0591. The van der Waals surface area contributed by atoms with Crippen molar-refractivity contribution >= 4 is 17.3 Å². The molecule has 1 aliphatic rings. The summed E-state index contributed by atoms with van der Waals surface area (Å²) in [4.78, 5) is 14.3. The predicted molar refractivity (Wildman–Crippen MR) is 78.9 cm³/mol. The van der Waals surface area contributed by atoms with E-state index in [1.807, 2.05) is 18.2 Å². The van der Waals surface area contributed by atoms with Crippen LogP contribution in [0.1, 0.15) is 26.2 Å². The summed E-state index contributed by atoms with van der Waals surface area (Å²) in [5, 5.41) is 2.89. The summed E-state index contributed by atoms with van der Waals surface area (Å²) in [5.74, 6) is 0.814. The smallest absolute Gasteiger partial charge is 0.225 e. The first-order valence-corrected chi connectivity index (χ1v) is 7.01. The summed E-state index contributed by atoms with van der Waals surface area (Å²) in [7, 11) is 0. The lowest BCUT2D eigenvalue weighted by atomic mass is 10.0. The molecule has 1 unspecified atom stereocenters. The summed E-state index contributed by atoms with van der Waals surface area (Å²) in [5.41, 5.74) is 7.13. The Morgan fingerprint density at radius 1 is 1.53 bits per heavy atom. The minimum atomic E-state index is 0.0591. The van der Waals surface area contributed by atoms with E-state index in [4.69, 9.17) is 5.73 Å². The number of nitrogen functional groups attached to an aromatic ring is 1. The lowest BCUT2D eigenvalue weighted by Crippen LogP contribution is -2.36. The van der Waals surface area contributed by atoms with E-state index in [0.29, 0.717) is 12.1 Å². The van der Waals surface area contributed by atoms with Crippen LogP contribution in [-0.4, -0.2) is 30.4 Å². The molecule has 2 rings (SSSR count). The van der Waals surface area contributed by atoms with Crippen LogP contribution in [0.25, 0.3) is 0 Å². The fraction of sp³-hybridized carbons (Fsp3) is 0.533. The first-order chi connectivity index (χ1) is 9.13. The van der Waals surface area contributed by atoms with Gasteiger partial charge in [0.2, 0.25) is 5.91 Å². The van der Waals surface area contributed by atoms with Crippen molar-refractivity contribution in [2.24, 2.45) is 5.92 Å². The van der Waals surface area contributed by atoms with Crippen LogP contribution in [0.5, 0.6) is 0 Å². The van der Waals surface area contributed by atoms with Crippen molar-refractivity contribution in [1.29, 1.82) is 0 Å². The summed E-state index contributed by atoms with van der Waals surface area (Å²) >= 11 is 0. The van der Waals surface area contributed by atoms with Crippen molar-refractivity contribution in [2.75, 3.05) is 30.7 Å². The summed E-state index contributed by atoms with van der Waals surface area (Å²) in [6.45, 7) is 5.36. The number of hydrogen-bond donors (Lipinski definition) is 2. The van der Waals surface area contributed by atoms with E-state index in [1.54, 1.807) is 6.07 Å². The molecule has 1 fully saturated rings. The number of piperidine rings is 1. The first-order valence-electron chi connectivity index (χ1n) is 7.01. The van der Waals surface area contributed by atoms with Crippen molar-refractivity contribution in [3.63, 3.8) is 0 Å². The number of carbonyl (C=O) groups excluding carboxylic acids is 1. The zero-order chi connectivity index (χ0) is 13.7. The number of hydrogen-bond acceptors (Lipinski definition) is 3.